The average molecular weight is 260 g/mol. The summed E-state index contributed by atoms with van der Waals surface area (Å²) in [4.78, 5) is 0. The SMILES string of the molecule is Nc1nn(CC2CCCOC2)cc1Br. The molecule has 1 atom stereocenters. The second-order valence-corrected chi connectivity index (χ2v) is 4.52. The third kappa shape index (κ3) is 2.27. The van der Waals surface area contributed by atoms with E-state index in [1.807, 2.05) is 10.9 Å². The fourth-order valence-corrected chi connectivity index (χ4v) is 2.04. The van der Waals surface area contributed by atoms with Gasteiger partial charge in [0.05, 0.1) is 11.1 Å². The average Bonchev–Trinajstić information content (AvgIpc) is 2.47. The Balaban J connectivity index is 1.95. The van der Waals surface area contributed by atoms with Crippen LogP contribution in [0.25, 0.3) is 0 Å². The number of hydrogen-bond donors (Lipinski definition) is 1. The summed E-state index contributed by atoms with van der Waals surface area (Å²) in [6.07, 6.45) is 4.30. The Hall–Kier alpha value is -0.550. The molecule has 0 aromatic carbocycles. The van der Waals surface area contributed by atoms with Crippen LogP contribution in [0.15, 0.2) is 10.7 Å². The summed E-state index contributed by atoms with van der Waals surface area (Å²) < 4.78 is 8.16. The van der Waals surface area contributed by atoms with Gasteiger partial charge in [-0.1, -0.05) is 0 Å². The molecule has 1 aliphatic rings. The topological polar surface area (TPSA) is 53.1 Å². The van der Waals surface area contributed by atoms with Crippen molar-refractivity contribution < 1.29 is 4.74 Å². The minimum atomic E-state index is 0.557. The maximum Gasteiger partial charge on any atom is 0.159 e. The van der Waals surface area contributed by atoms with Crippen LogP contribution in [0.4, 0.5) is 5.82 Å². The monoisotopic (exact) mass is 259 g/mol. The second-order valence-electron chi connectivity index (χ2n) is 3.67. The van der Waals surface area contributed by atoms with Crippen LogP contribution in [0.3, 0.4) is 0 Å². The zero-order valence-corrected chi connectivity index (χ0v) is 9.53. The molecule has 0 spiro atoms. The fraction of sp³-hybridized carbons (Fsp3) is 0.667. The number of nitrogen functional groups attached to an aromatic ring is 1. The maximum absolute atomic E-state index is 5.64. The molecule has 1 aromatic rings. The van der Waals surface area contributed by atoms with E-state index in [9.17, 15) is 0 Å². The van der Waals surface area contributed by atoms with Crippen LogP contribution in [0.1, 0.15) is 12.8 Å². The minimum absolute atomic E-state index is 0.557. The number of halogens is 1. The molecule has 5 heteroatoms. The lowest BCUT2D eigenvalue weighted by molar-refractivity contribution is 0.0470. The molecule has 4 nitrogen and oxygen atoms in total. The van der Waals surface area contributed by atoms with Gasteiger partial charge in [0.1, 0.15) is 0 Å². The molecule has 0 saturated carbocycles. The van der Waals surface area contributed by atoms with Gasteiger partial charge in [0, 0.05) is 25.3 Å². The predicted molar refractivity (Wildman–Crippen MR) is 57.9 cm³/mol. The van der Waals surface area contributed by atoms with Gasteiger partial charge in [-0.2, -0.15) is 5.10 Å². The molecule has 78 valence electrons. The Bertz CT molecular complexity index is 288. The molecule has 1 fully saturated rings. The number of rotatable bonds is 2. The molecular weight excluding hydrogens is 246 g/mol. The summed E-state index contributed by atoms with van der Waals surface area (Å²) in [6, 6.07) is 0. The molecule has 1 aromatic heterocycles. The summed E-state index contributed by atoms with van der Waals surface area (Å²) in [5, 5.41) is 4.20. The zero-order chi connectivity index (χ0) is 9.97. The van der Waals surface area contributed by atoms with E-state index in [1.54, 1.807) is 0 Å². The highest BCUT2D eigenvalue weighted by molar-refractivity contribution is 9.10. The summed E-state index contributed by atoms with van der Waals surface area (Å²) >= 11 is 3.34. The molecule has 2 rings (SSSR count). The Morgan fingerprint density at radius 2 is 2.57 bits per heavy atom. The number of ether oxygens (including phenoxy) is 1. The Kier molecular flexibility index (Phi) is 3.08. The van der Waals surface area contributed by atoms with E-state index in [0.29, 0.717) is 11.7 Å². The number of hydrogen-bond acceptors (Lipinski definition) is 3. The molecule has 0 aliphatic carbocycles. The van der Waals surface area contributed by atoms with Crippen molar-refractivity contribution in [2.75, 3.05) is 18.9 Å². The number of anilines is 1. The van der Waals surface area contributed by atoms with E-state index < -0.39 is 0 Å². The zero-order valence-electron chi connectivity index (χ0n) is 7.95. The third-order valence-electron chi connectivity index (χ3n) is 2.44. The van der Waals surface area contributed by atoms with Gasteiger partial charge >= 0.3 is 0 Å². The van der Waals surface area contributed by atoms with Gasteiger partial charge in [-0.25, -0.2) is 0 Å². The fourth-order valence-electron chi connectivity index (χ4n) is 1.72. The van der Waals surface area contributed by atoms with Crippen molar-refractivity contribution in [2.45, 2.75) is 19.4 Å². The van der Waals surface area contributed by atoms with Crippen molar-refractivity contribution in [1.29, 1.82) is 0 Å². The predicted octanol–water partition coefficient (Wildman–Crippen LogP) is 1.65. The molecule has 1 unspecified atom stereocenters. The lowest BCUT2D eigenvalue weighted by Gasteiger charge is -2.21. The summed E-state index contributed by atoms with van der Waals surface area (Å²) in [5.41, 5.74) is 5.64. The van der Waals surface area contributed by atoms with Gasteiger partial charge in [-0.15, -0.1) is 0 Å². The highest BCUT2D eigenvalue weighted by Crippen LogP contribution is 2.20. The number of nitrogens with two attached hydrogens (primary N) is 1. The van der Waals surface area contributed by atoms with Gasteiger partial charge in [0.2, 0.25) is 0 Å². The Morgan fingerprint density at radius 3 is 3.14 bits per heavy atom. The maximum atomic E-state index is 5.64. The second kappa shape index (κ2) is 4.31. The Morgan fingerprint density at radius 1 is 1.71 bits per heavy atom. The van der Waals surface area contributed by atoms with Crippen LogP contribution in [0.5, 0.6) is 0 Å². The molecule has 2 N–H and O–H groups in total. The molecule has 2 heterocycles. The number of aromatic nitrogens is 2. The quantitative estimate of drug-likeness (QED) is 0.879. The van der Waals surface area contributed by atoms with Gasteiger partial charge in [0.15, 0.2) is 5.82 Å². The highest BCUT2D eigenvalue weighted by Gasteiger charge is 2.15. The largest absolute Gasteiger partial charge is 0.381 e. The minimum Gasteiger partial charge on any atom is -0.381 e. The van der Waals surface area contributed by atoms with E-state index in [4.69, 9.17) is 10.5 Å². The first-order chi connectivity index (χ1) is 6.75. The third-order valence-corrected chi connectivity index (χ3v) is 3.05. The van der Waals surface area contributed by atoms with Gasteiger partial charge in [0.25, 0.3) is 0 Å². The van der Waals surface area contributed by atoms with Crippen molar-refractivity contribution in [2.24, 2.45) is 5.92 Å². The lowest BCUT2D eigenvalue weighted by Crippen LogP contribution is -2.22. The van der Waals surface area contributed by atoms with E-state index in [2.05, 4.69) is 21.0 Å². The Labute approximate surface area is 91.5 Å². The molecule has 1 saturated heterocycles. The van der Waals surface area contributed by atoms with Gasteiger partial charge < -0.3 is 10.5 Å². The van der Waals surface area contributed by atoms with Crippen LogP contribution < -0.4 is 5.73 Å². The van der Waals surface area contributed by atoms with Crippen LogP contribution in [-0.4, -0.2) is 23.0 Å². The standard InChI is InChI=1S/C9H14BrN3O/c10-8-5-13(12-9(8)11)4-7-2-1-3-14-6-7/h5,7H,1-4,6H2,(H2,11,12). The van der Waals surface area contributed by atoms with Crippen LogP contribution in [-0.2, 0) is 11.3 Å². The van der Waals surface area contributed by atoms with Crippen molar-refractivity contribution in [1.82, 2.24) is 9.78 Å². The number of nitrogens with zero attached hydrogens (tertiary/aromatic N) is 2. The van der Waals surface area contributed by atoms with Gasteiger partial charge in [-0.3, -0.25) is 4.68 Å². The van der Waals surface area contributed by atoms with E-state index in [0.717, 1.165) is 30.7 Å². The van der Waals surface area contributed by atoms with Crippen LogP contribution in [0, 0.1) is 5.92 Å². The van der Waals surface area contributed by atoms with Crippen molar-refractivity contribution >= 4 is 21.7 Å². The highest BCUT2D eigenvalue weighted by atomic mass is 79.9. The molecule has 1 aliphatic heterocycles. The molecule has 14 heavy (non-hydrogen) atoms. The molecular formula is C9H14BrN3O. The summed E-state index contributed by atoms with van der Waals surface area (Å²) in [6.45, 7) is 2.65. The van der Waals surface area contributed by atoms with Gasteiger partial charge in [-0.05, 0) is 28.8 Å². The first kappa shape index (κ1) is 9.98. The van der Waals surface area contributed by atoms with E-state index in [1.165, 1.54) is 6.42 Å². The van der Waals surface area contributed by atoms with Crippen molar-refractivity contribution in [3.63, 3.8) is 0 Å². The first-order valence-corrected chi connectivity index (χ1v) is 5.61. The van der Waals surface area contributed by atoms with Crippen LogP contribution in [0.2, 0.25) is 0 Å². The van der Waals surface area contributed by atoms with Crippen molar-refractivity contribution in [3.8, 4) is 0 Å². The first-order valence-electron chi connectivity index (χ1n) is 4.82. The smallest absolute Gasteiger partial charge is 0.159 e. The van der Waals surface area contributed by atoms with E-state index >= 15 is 0 Å². The normalized spacial score (nSPS) is 22.5. The molecule has 0 radical (unpaired) electrons. The van der Waals surface area contributed by atoms with Crippen LogP contribution >= 0.6 is 15.9 Å². The van der Waals surface area contributed by atoms with Crippen molar-refractivity contribution in [3.05, 3.63) is 10.7 Å². The summed E-state index contributed by atoms with van der Waals surface area (Å²) in [5.74, 6) is 1.14. The molecule has 0 amide bonds. The lowest BCUT2D eigenvalue weighted by atomic mass is 10.0. The van der Waals surface area contributed by atoms with E-state index in [-0.39, 0.29) is 0 Å². The molecule has 0 bridgehead atoms. The summed E-state index contributed by atoms with van der Waals surface area (Å²) in [7, 11) is 0.